The third-order valence-electron chi connectivity index (χ3n) is 4.14. The monoisotopic (exact) mass is 262 g/mol. The minimum Gasteiger partial charge on any atom is -0.330 e. The van der Waals surface area contributed by atoms with Gasteiger partial charge in [0.2, 0.25) is 0 Å². The maximum absolute atomic E-state index is 5.77. The molecule has 0 fully saturated rings. The van der Waals surface area contributed by atoms with Crippen molar-refractivity contribution in [3.05, 3.63) is 34.9 Å². The number of rotatable bonds is 6. The standard InChI is InChI=1S/C17H30N2/c1-12(2)14-8-7-13(3)15(11-14)16(19-6)17(4,5)9-10-18/h7-8,11-12,16,19H,9-10,18H2,1-6H3. The molecule has 1 atom stereocenters. The summed E-state index contributed by atoms with van der Waals surface area (Å²) in [4.78, 5) is 0. The Labute approximate surface area is 118 Å². The van der Waals surface area contributed by atoms with Crippen LogP contribution in [0.3, 0.4) is 0 Å². The van der Waals surface area contributed by atoms with Crippen LogP contribution in [0.15, 0.2) is 18.2 Å². The number of aryl methyl sites for hydroxylation is 1. The maximum Gasteiger partial charge on any atom is 0.0372 e. The van der Waals surface area contributed by atoms with Gasteiger partial charge in [0.1, 0.15) is 0 Å². The Hall–Kier alpha value is -0.860. The van der Waals surface area contributed by atoms with Crippen molar-refractivity contribution in [2.75, 3.05) is 13.6 Å². The van der Waals surface area contributed by atoms with Crippen LogP contribution < -0.4 is 11.1 Å². The van der Waals surface area contributed by atoms with E-state index in [1.54, 1.807) is 0 Å². The maximum atomic E-state index is 5.77. The molecule has 0 aliphatic carbocycles. The molecule has 0 saturated carbocycles. The molecule has 0 aromatic heterocycles. The highest BCUT2D eigenvalue weighted by atomic mass is 14.9. The van der Waals surface area contributed by atoms with Gasteiger partial charge in [-0.3, -0.25) is 0 Å². The molecule has 0 heterocycles. The van der Waals surface area contributed by atoms with Gasteiger partial charge >= 0.3 is 0 Å². The highest BCUT2D eigenvalue weighted by Gasteiger charge is 2.30. The zero-order valence-corrected chi connectivity index (χ0v) is 13.4. The second kappa shape index (κ2) is 6.53. The van der Waals surface area contributed by atoms with E-state index in [9.17, 15) is 0 Å². The Bertz CT molecular complexity index is 408. The predicted octanol–water partition coefficient (Wildman–Crippen LogP) is 3.75. The molecule has 2 nitrogen and oxygen atoms in total. The van der Waals surface area contributed by atoms with Crippen molar-refractivity contribution in [1.29, 1.82) is 0 Å². The summed E-state index contributed by atoms with van der Waals surface area (Å²) >= 11 is 0. The first-order chi connectivity index (χ1) is 8.83. The smallest absolute Gasteiger partial charge is 0.0372 e. The molecule has 108 valence electrons. The Morgan fingerprint density at radius 3 is 2.37 bits per heavy atom. The Morgan fingerprint density at radius 1 is 1.26 bits per heavy atom. The van der Waals surface area contributed by atoms with E-state index in [1.807, 2.05) is 7.05 Å². The molecule has 2 heteroatoms. The van der Waals surface area contributed by atoms with Crippen LogP contribution in [-0.4, -0.2) is 13.6 Å². The second-order valence-electron chi connectivity index (χ2n) is 6.52. The van der Waals surface area contributed by atoms with Crippen molar-refractivity contribution in [1.82, 2.24) is 5.32 Å². The van der Waals surface area contributed by atoms with Crippen LogP contribution in [-0.2, 0) is 0 Å². The molecule has 0 saturated heterocycles. The second-order valence-corrected chi connectivity index (χ2v) is 6.52. The predicted molar refractivity (Wildman–Crippen MR) is 84.5 cm³/mol. The van der Waals surface area contributed by atoms with Gasteiger partial charge in [0.15, 0.2) is 0 Å². The fourth-order valence-corrected chi connectivity index (χ4v) is 2.81. The van der Waals surface area contributed by atoms with Gasteiger partial charge in [-0.1, -0.05) is 45.9 Å². The van der Waals surface area contributed by atoms with Crippen molar-refractivity contribution in [3.63, 3.8) is 0 Å². The van der Waals surface area contributed by atoms with Gasteiger partial charge in [0.25, 0.3) is 0 Å². The lowest BCUT2D eigenvalue weighted by Crippen LogP contribution is -2.34. The highest BCUT2D eigenvalue weighted by molar-refractivity contribution is 5.35. The van der Waals surface area contributed by atoms with E-state index < -0.39 is 0 Å². The van der Waals surface area contributed by atoms with E-state index in [4.69, 9.17) is 5.73 Å². The summed E-state index contributed by atoms with van der Waals surface area (Å²) in [6, 6.07) is 7.19. The largest absolute Gasteiger partial charge is 0.330 e. The lowest BCUT2D eigenvalue weighted by molar-refractivity contribution is 0.238. The molecule has 1 aromatic rings. The van der Waals surface area contributed by atoms with E-state index in [0.29, 0.717) is 12.0 Å². The molecule has 0 amide bonds. The number of nitrogens with two attached hydrogens (primary N) is 1. The molecule has 1 unspecified atom stereocenters. The normalized spacial score (nSPS) is 13.9. The average molecular weight is 262 g/mol. The van der Waals surface area contributed by atoms with Crippen molar-refractivity contribution < 1.29 is 0 Å². The Kier molecular flexibility index (Phi) is 5.57. The average Bonchev–Trinajstić information content (AvgIpc) is 2.31. The molecule has 0 bridgehead atoms. The van der Waals surface area contributed by atoms with Crippen molar-refractivity contribution >= 4 is 0 Å². The molecule has 0 aliphatic heterocycles. The lowest BCUT2D eigenvalue weighted by Gasteiger charge is -2.35. The zero-order chi connectivity index (χ0) is 14.6. The molecule has 1 aromatic carbocycles. The summed E-state index contributed by atoms with van der Waals surface area (Å²) < 4.78 is 0. The number of hydrogen-bond donors (Lipinski definition) is 2. The molecular formula is C17H30N2. The highest BCUT2D eigenvalue weighted by Crippen LogP contribution is 2.38. The minimum absolute atomic E-state index is 0.157. The van der Waals surface area contributed by atoms with Crippen LogP contribution >= 0.6 is 0 Å². The SMILES string of the molecule is CNC(c1cc(C(C)C)ccc1C)C(C)(C)CCN. The summed E-state index contributed by atoms with van der Waals surface area (Å²) in [7, 11) is 2.05. The van der Waals surface area contributed by atoms with E-state index >= 15 is 0 Å². The van der Waals surface area contributed by atoms with Gasteiger partial charge in [-0.2, -0.15) is 0 Å². The first-order valence-corrected chi connectivity index (χ1v) is 7.31. The molecule has 0 radical (unpaired) electrons. The van der Waals surface area contributed by atoms with Gasteiger partial charge in [-0.15, -0.1) is 0 Å². The van der Waals surface area contributed by atoms with E-state index in [-0.39, 0.29) is 5.41 Å². The van der Waals surface area contributed by atoms with Gasteiger partial charge in [-0.05, 0) is 55.0 Å². The molecule has 0 aliphatic rings. The van der Waals surface area contributed by atoms with Crippen LogP contribution in [0, 0.1) is 12.3 Å². The Balaban J connectivity index is 3.20. The fraction of sp³-hybridized carbons (Fsp3) is 0.647. The molecule has 3 N–H and O–H groups in total. The number of hydrogen-bond acceptors (Lipinski definition) is 2. The third-order valence-corrected chi connectivity index (χ3v) is 4.14. The van der Waals surface area contributed by atoms with Crippen LogP contribution in [0.2, 0.25) is 0 Å². The van der Waals surface area contributed by atoms with Crippen molar-refractivity contribution in [3.8, 4) is 0 Å². The van der Waals surface area contributed by atoms with E-state index in [1.165, 1.54) is 16.7 Å². The fourth-order valence-electron chi connectivity index (χ4n) is 2.81. The molecule has 0 spiro atoms. The van der Waals surface area contributed by atoms with Crippen LogP contribution in [0.25, 0.3) is 0 Å². The lowest BCUT2D eigenvalue weighted by atomic mass is 9.76. The first-order valence-electron chi connectivity index (χ1n) is 7.31. The summed E-state index contributed by atoms with van der Waals surface area (Å²) in [6.07, 6.45) is 1.02. The van der Waals surface area contributed by atoms with Gasteiger partial charge in [-0.25, -0.2) is 0 Å². The van der Waals surface area contributed by atoms with Crippen molar-refractivity contribution in [2.24, 2.45) is 11.1 Å². The van der Waals surface area contributed by atoms with Crippen LogP contribution in [0.5, 0.6) is 0 Å². The van der Waals surface area contributed by atoms with E-state index in [0.717, 1.165) is 13.0 Å². The van der Waals surface area contributed by atoms with E-state index in [2.05, 4.69) is 58.1 Å². The van der Waals surface area contributed by atoms with Gasteiger partial charge < -0.3 is 11.1 Å². The molecule has 1 rings (SSSR count). The summed E-state index contributed by atoms with van der Waals surface area (Å²) in [6.45, 7) is 12.0. The molecular weight excluding hydrogens is 232 g/mol. The molecule has 19 heavy (non-hydrogen) atoms. The third kappa shape index (κ3) is 3.80. The topological polar surface area (TPSA) is 38.0 Å². The number of benzene rings is 1. The van der Waals surface area contributed by atoms with Gasteiger partial charge in [0, 0.05) is 6.04 Å². The minimum atomic E-state index is 0.157. The quantitative estimate of drug-likeness (QED) is 0.819. The summed E-state index contributed by atoms with van der Waals surface area (Å²) in [5.41, 5.74) is 10.1. The van der Waals surface area contributed by atoms with Crippen LogP contribution in [0.1, 0.15) is 62.8 Å². The van der Waals surface area contributed by atoms with Gasteiger partial charge in [0.05, 0.1) is 0 Å². The van der Waals surface area contributed by atoms with Crippen molar-refractivity contribution in [2.45, 2.75) is 53.0 Å². The number of nitrogens with one attached hydrogen (secondary N) is 1. The Morgan fingerprint density at radius 2 is 1.89 bits per heavy atom. The summed E-state index contributed by atoms with van der Waals surface area (Å²) in [5.74, 6) is 0.564. The zero-order valence-electron chi connectivity index (χ0n) is 13.4. The van der Waals surface area contributed by atoms with Crippen LogP contribution in [0.4, 0.5) is 0 Å². The summed E-state index contributed by atoms with van der Waals surface area (Å²) in [5, 5.41) is 3.49. The first kappa shape index (κ1) is 16.2.